The van der Waals surface area contributed by atoms with Crippen LogP contribution in [0.15, 0.2) is 6.20 Å². The maximum Gasteiger partial charge on any atom is 0.254 e. The highest BCUT2D eigenvalue weighted by molar-refractivity contribution is 6.76. The van der Waals surface area contributed by atoms with Crippen molar-refractivity contribution >= 4 is 14.0 Å². The molecule has 2 atom stereocenters. The summed E-state index contributed by atoms with van der Waals surface area (Å²) in [6.07, 6.45) is 2.82. The number of nitrogens with zero attached hydrogens (tertiary/aromatic N) is 2. The largest absolute Gasteiger partial charge is 0.349 e. The van der Waals surface area contributed by atoms with E-state index in [1.54, 1.807) is 10.9 Å². The van der Waals surface area contributed by atoms with Crippen molar-refractivity contribution in [1.29, 1.82) is 0 Å². The van der Waals surface area contributed by atoms with Crippen LogP contribution in [0.5, 0.6) is 0 Å². The van der Waals surface area contributed by atoms with Crippen molar-refractivity contribution in [2.45, 2.75) is 58.9 Å². The van der Waals surface area contributed by atoms with E-state index in [9.17, 15) is 4.79 Å². The zero-order valence-electron chi connectivity index (χ0n) is 13.9. The molecule has 114 valence electrons. The van der Waals surface area contributed by atoms with E-state index in [2.05, 4.69) is 43.9 Å². The van der Waals surface area contributed by atoms with Gasteiger partial charge < -0.3 is 5.32 Å². The van der Waals surface area contributed by atoms with Gasteiger partial charge in [-0.15, -0.1) is 0 Å². The lowest BCUT2D eigenvalue weighted by Crippen LogP contribution is -2.35. The first kappa shape index (κ1) is 16.9. The quantitative estimate of drug-likeness (QED) is 0.819. The van der Waals surface area contributed by atoms with Gasteiger partial charge in [-0.1, -0.05) is 32.6 Å². The van der Waals surface area contributed by atoms with Crippen molar-refractivity contribution in [1.82, 2.24) is 15.1 Å². The van der Waals surface area contributed by atoms with Gasteiger partial charge in [0.25, 0.3) is 5.91 Å². The molecule has 0 bridgehead atoms. The highest BCUT2D eigenvalue weighted by Gasteiger charge is 2.20. The van der Waals surface area contributed by atoms with E-state index in [0.717, 1.165) is 12.1 Å². The van der Waals surface area contributed by atoms with Gasteiger partial charge in [0.15, 0.2) is 0 Å². The molecule has 0 aliphatic heterocycles. The molecular weight excluding hydrogens is 266 g/mol. The van der Waals surface area contributed by atoms with E-state index in [1.807, 2.05) is 14.0 Å². The monoisotopic (exact) mass is 295 g/mol. The Balaban J connectivity index is 2.52. The van der Waals surface area contributed by atoms with Crippen molar-refractivity contribution in [3.05, 3.63) is 17.5 Å². The molecule has 0 saturated carbocycles. The van der Waals surface area contributed by atoms with Crippen LogP contribution in [0, 0.1) is 12.8 Å². The third-order valence-corrected chi connectivity index (χ3v) is 5.27. The van der Waals surface area contributed by atoms with Gasteiger partial charge >= 0.3 is 0 Å². The second-order valence-corrected chi connectivity index (χ2v) is 12.8. The first-order valence-electron chi connectivity index (χ1n) is 7.39. The van der Waals surface area contributed by atoms with Crippen LogP contribution in [0.3, 0.4) is 0 Å². The van der Waals surface area contributed by atoms with Crippen molar-refractivity contribution in [2.75, 3.05) is 0 Å². The molecular formula is C15H29N3OSi. The molecule has 0 aliphatic carbocycles. The van der Waals surface area contributed by atoms with Crippen molar-refractivity contribution in [3.8, 4) is 0 Å². The standard InChI is InChI=1S/C15H29N3OSi/c1-11(10-20(5,6)7)8-12(2)16-15(19)14-9-18(4)17-13(14)3/h9,11-12H,8,10H2,1-7H3,(H,16,19). The van der Waals surface area contributed by atoms with Crippen molar-refractivity contribution in [3.63, 3.8) is 0 Å². The highest BCUT2D eigenvalue weighted by Crippen LogP contribution is 2.20. The molecule has 20 heavy (non-hydrogen) atoms. The number of nitrogens with one attached hydrogen (secondary N) is 1. The van der Waals surface area contributed by atoms with Crippen LogP contribution >= 0.6 is 0 Å². The lowest BCUT2D eigenvalue weighted by atomic mass is 10.0. The molecule has 1 amide bonds. The summed E-state index contributed by atoms with van der Waals surface area (Å²) < 4.78 is 1.68. The van der Waals surface area contributed by atoms with Crippen molar-refractivity contribution < 1.29 is 4.79 Å². The minimum absolute atomic E-state index is 0.0108. The van der Waals surface area contributed by atoms with Gasteiger partial charge in [-0.2, -0.15) is 5.10 Å². The normalized spacial score (nSPS) is 14.9. The Morgan fingerprint density at radius 2 is 2.00 bits per heavy atom. The summed E-state index contributed by atoms with van der Waals surface area (Å²) in [5.74, 6) is 0.648. The molecule has 0 fully saturated rings. The molecule has 2 unspecified atom stereocenters. The summed E-state index contributed by atoms with van der Waals surface area (Å²) >= 11 is 0. The fourth-order valence-corrected chi connectivity index (χ4v) is 5.17. The summed E-state index contributed by atoms with van der Waals surface area (Å²) in [6.45, 7) is 13.4. The maximum atomic E-state index is 12.2. The van der Waals surface area contributed by atoms with Gasteiger partial charge in [0.2, 0.25) is 0 Å². The molecule has 0 aliphatic rings. The first-order valence-corrected chi connectivity index (χ1v) is 11.1. The SMILES string of the molecule is Cc1nn(C)cc1C(=O)NC(C)CC(C)C[Si](C)(C)C. The van der Waals surface area contributed by atoms with E-state index < -0.39 is 8.07 Å². The predicted molar refractivity (Wildman–Crippen MR) is 86.8 cm³/mol. The summed E-state index contributed by atoms with van der Waals surface area (Å²) in [6, 6.07) is 1.51. The van der Waals surface area contributed by atoms with Gasteiger partial charge in [0.1, 0.15) is 0 Å². The molecule has 5 heteroatoms. The zero-order valence-corrected chi connectivity index (χ0v) is 14.9. The molecule has 0 radical (unpaired) electrons. The van der Waals surface area contributed by atoms with E-state index in [0.29, 0.717) is 11.5 Å². The number of carbonyl (C=O) groups is 1. The zero-order chi connectivity index (χ0) is 15.5. The van der Waals surface area contributed by atoms with Crippen LogP contribution in [-0.4, -0.2) is 29.8 Å². The highest BCUT2D eigenvalue weighted by atomic mass is 28.3. The van der Waals surface area contributed by atoms with Crippen LogP contribution in [0.25, 0.3) is 0 Å². The minimum atomic E-state index is -1.02. The third kappa shape index (κ3) is 5.49. The molecule has 1 heterocycles. The first-order chi connectivity index (χ1) is 9.08. The molecule has 1 aromatic heterocycles. The second kappa shape index (κ2) is 6.57. The van der Waals surface area contributed by atoms with Crippen LogP contribution < -0.4 is 5.32 Å². The summed E-state index contributed by atoms with van der Waals surface area (Å²) in [7, 11) is 0.814. The lowest BCUT2D eigenvalue weighted by Gasteiger charge is -2.24. The van der Waals surface area contributed by atoms with Gasteiger partial charge in [-0.25, -0.2) is 0 Å². The Kier molecular flexibility index (Phi) is 5.56. The maximum absolute atomic E-state index is 12.2. The predicted octanol–water partition coefficient (Wildman–Crippen LogP) is 3.21. The van der Waals surface area contributed by atoms with Gasteiger partial charge in [0.05, 0.1) is 11.3 Å². The van der Waals surface area contributed by atoms with E-state index >= 15 is 0 Å². The molecule has 4 nitrogen and oxygen atoms in total. The van der Waals surface area contributed by atoms with Crippen LogP contribution in [0.4, 0.5) is 0 Å². The smallest absolute Gasteiger partial charge is 0.254 e. The molecule has 0 spiro atoms. The molecule has 0 saturated heterocycles. The lowest BCUT2D eigenvalue weighted by molar-refractivity contribution is 0.0935. The number of hydrogen-bond acceptors (Lipinski definition) is 2. The fraction of sp³-hybridized carbons (Fsp3) is 0.733. The Morgan fingerprint density at radius 3 is 2.45 bits per heavy atom. The van der Waals surface area contributed by atoms with Gasteiger partial charge in [-0.05, 0) is 26.2 Å². The Labute approximate surface area is 124 Å². The molecule has 1 N–H and O–H groups in total. The third-order valence-electron chi connectivity index (χ3n) is 3.35. The number of aryl methyl sites for hydroxylation is 2. The molecule has 1 rings (SSSR count). The summed E-state index contributed by atoms with van der Waals surface area (Å²) in [4.78, 5) is 12.2. The average Bonchev–Trinajstić information content (AvgIpc) is 2.54. The second-order valence-electron chi connectivity index (χ2n) is 7.28. The summed E-state index contributed by atoms with van der Waals surface area (Å²) in [5.41, 5.74) is 1.46. The van der Waals surface area contributed by atoms with Crippen LogP contribution in [-0.2, 0) is 7.05 Å². The molecule has 1 aromatic rings. The minimum Gasteiger partial charge on any atom is -0.349 e. The fourth-order valence-electron chi connectivity index (χ4n) is 2.92. The van der Waals surface area contributed by atoms with Crippen LogP contribution in [0.1, 0.15) is 36.3 Å². The van der Waals surface area contributed by atoms with E-state index in [-0.39, 0.29) is 11.9 Å². The number of amides is 1. The van der Waals surface area contributed by atoms with E-state index in [1.165, 1.54) is 6.04 Å². The van der Waals surface area contributed by atoms with E-state index in [4.69, 9.17) is 0 Å². The number of carbonyl (C=O) groups excluding carboxylic acids is 1. The van der Waals surface area contributed by atoms with Gasteiger partial charge in [-0.3, -0.25) is 9.48 Å². The Bertz CT molecular complexity index is 462. The number of hydrogen-bond donors (Lipinski definition) is 1. The number of rotatable bonds is 6. The molecule has 0 aromatic carbocycles. The Morgan fingerprint density at radius 1 is 1.40 bits per heavy atom. The topological polar surface area (TPSA) is 46.9 Å². The summed E-state index contributed by atoms with van der Waals surface area (Å²) in [5, 5.41) is 7.30. The van der Waals surface area contributed by atoms with Gasteiger partial charge in [0, 0.05) is 27.4 Å². The number of aromatic nitrogens is 2. The van der Waals surface area contributed by atoms with Crippen LogP contribution in [0.2, 0.25) is 25.7 Å². The van der Waals surface area contributed by atoms with Crippen molar-refractivity contribution in [2.24, 2.45) is 13.0 Å². The Hall–Kier alpha value is -1.10. The average molecular weight is 296 g/mol.